The third-order valence-electron chi connectivity index (χ3n) is 3.53. The number of para-hydroxylation sites is 1. The van der Waals surface area contributed by atoms with Crippen molar-refractivity contribution < 1.29 is 4.92 Å². The minimum atomic E-state index is -0.459. The number of nitro benzene ring substituents is 1. The van der Waals surface area contributed by atoms with E-state index in [9.17, 15) is 15.4 Å². The molecule has 1 atom stereocenters. The summed E-state index contributed by atoms with van der Waals surface area (Å²) in [5.74, 6) is -0.0546. The summed E-state index contributed by atoms with van der Waals surface area (Å²) >= 11 is 0. The van der Waals surface area contributed by atoms with E-state index in [4.69, 9.17) is 0 Å². The highest BCUT2D eigenvalue weighted by molar-refractivity contribution is 5.87. The topological polar surface area (TPSA) is 79.3 Å². The second kappa shape index (κ2) is 5.62. The van der Waals surface area contributed by atoms with Crippen molar-refractivity contribution in [3.63, 3.8) is 0 Å². The summed E-state index contributed by atoms with van der Waals surface area (Å²) in [5, 5.41) is 20.0. The molecule has 0 aromatic heterocycles. The number of hydrogen-bond acceptors (Lipinski definition) is 4. The highest BCUT2D eigenvalue weighted by Crippen LogP contribution is 2.34. The van der Waals surface area contributed by atoms with E-state index in [1.807, 2.05) is 30.3 Å². The van der Waals surface area contributed by atoms with Crippen LogP contribution in [0.4, 0.5) is 11.4 Å². The summed E-state index contributed by atoms with van der Waals surface area (Å²) in [6.07, 6.45) is 3.63. The van der Waals surface area contributed by atoms with Crippen molar-refractivity contribution in [3.8, 4) is 6.07 Å². The molecule has 5 nitrogen and oxygen atoms in total. The van der Waals surface area contributed by atoms with Gasteiger partial charge in [-0.15, -0.1) is 0 Å². The van der Waals surface area contributed by atoms with E-state index in [0.717, 1.165) is 11.3 Å². The molecule has 3 rings (SSSR count). The number of rotatable bonds is 3. The van der Waals surface area contributed by atoms with Crippen LogP contribution in [0.15, 0.2) is 59.6 Å². The first-order chi connectivity index (χ1) is 10.7. The summed E-state index contributed by atoms with van der Waals surface area (Å²) in [6.45, 7) is 0. The average Bonchev–Trinajstić information content (AvgIpc) is 2.96. The van der Waals surface area contributed by atoms with Crippen LogP contribution >= 0.6 is 0 Å². The van der Waals surface area contributed by atoms with Crippen molar-refractivity contribution in [1.82, 2.24) is 0 Å². The van der Waals surface area contributed by atoms with Crippen LogP contribution in [-0.4, -0.2) is 11.1 Å². The van der Waals surface area contributed by atoms with Gasteiger partial charge in [-0.05, 0) is 29.3 Å². The Labute approximate surface area is 127 Å². The predicted octanol–water partition coefficient (Wildman–Crippen LogP) is 4.00. The molecule has 0 spiro atoms. The van der Waals surface area contributed by atoms with Crippen molar-refractivity contribution in [3.05, 3.63) is 75.8 Å². The van der Waals surface area contributed by atoms with E-state index in [1.54, 1.807) is 18.3 Å². The van der Waals surface area contributed by atoms with E-state index in [1.165, 1.54) is 12.1 Å². The van der Waals surface area contributed by atoms with Gasteiger partial charge in [0.1, 0.15) is 0 Å². The molecule has 106 valence electrons. The average molecular weight is 289 g/mol. The fourth-order valence-electron chi connectivity index (χ4n) is 2.40. The maximum atomic E-state index is 10.7. The molecule has 1 heterocycles. The van der Waals surface area contributed by atoms with E-state index < -0.39 is 4.92 Å². The molecule has 0 bridgehead atoms. The zero-order chi connectivity index (χ0) is 15.5. The predicted molar refractivity (Wildman–Crippen MR) is 84.0 cm³/mol. The van der Waals surface area contributed by atoms with Crippen LogP contribution in [0.5, 0.6) is 0 Å². The molecule has 0 amide bonds. The zero-order valence-electron chi connectivity index (χ0n) is 11.5. The van der Waals surface area contributed by atoms with Crippen LogP contribution < -0.4 is 0 Å². The van der Waals surface area contributed by atoms with Crippen LogP contribution in [-0.2, 0) is 0 Å². The van der Waals surface area contributed by atoms with Gasteiger partial charge < -0.3 is 0 Å². The smallest absolute Gasteiger partial charge is 0.260 e. The molecule has 0 saturated carbocycles. The lowest BCUT2D eigenvalue weighted by Crippen LogP contribution is -1.94. The molecule has 0 N–H and O–H groups in total. The van der Waals surface area contributed by atoms with E-state index in [-0.39, 0.29) is 11.6 Å². The Bertz CT molecular complexity index is 830. The molecular weight excluding hydrogens is 278 g/mol. The number of allylic oxidation sites excluding steroid dienone is 2. The number of non-ortho nitro benzene ring substituents is 1. The molecule has 0 fully saturated rings. The van der Waals surface area contributed by atoms with Gasteiger partial charge in [-0.2, -0.15) is 5.26 Å². The SMILES string of the molecule is N#C/C(=C\C1C=Nc2ccccc21)c1ccc([N+](=O)[O-])cc1. The molecule has 5 heteroatoms. The Morgan fingerprint density at radius 1 is 1.23 bits per heavy atom. The molecule has 0 aliphatic carbocycles. The van der Waals surface area contributed by atoms with Crippen LogP contribution in [0.3, 0.4) is 0 Å². The Morgan fingerprint density at radius 2 is 1.95 bits per heavy atom. The highest BCUT2D eigenvalue weighted by Gasteiger charge is 2.17. The Balaban J connectivity index is 1.94. The zero-order valence-corrected chi connectivity index (χ0v) is 11.5. The number of nitro groups is 1. The Hall–Kier alpha value is -3.26. The lowest BCUT2D eigenvalue weighted by molar-refractivity contribution is -0.384. The summed E-state index contributed by atoms with van der Waals surface area (Å²) in [7, 11) is 0. The fraction of sp³-hybridized carbons (Fsp3) is 0.0588. The number of hydrogen-bond donors (Lipinski definition) is 0. The molecule has 2 aromatic carbocycles. The Kier molecular flexibility index (Phi) is 3.50. The maximum absolute atomic E-state index is 10.7. The standard InChI is InChI=1S/C17H11N3O2/c18-10-13(12-5-7-15(8-6-12)20(21)22)9-14-11-19-17-4-2-1-3-16(14)17/h1-9,11,14H/b13-9+. The van der Waals surface area contributed by atoms with Crippen molar-refractivity contribution in [1.29, 1.82) is 5.26 Å². The number of aliphatic imine (C=N–C) groups is 1. The number of fused-ring (bicyclic) bond motifs is 1. The summed E-state index contributed by atoms with van der Waals surface area (Å²) < 4.78 is 0. The van der Waals surface area contributed by atoms with E-state index in [2.05, 4.69) is 11.1 Å². The van der Waals surface area contributed by atoms with E-state index in [0.29, 0.717) is 11.1 Å². The first-order valence-electron chi connectivity index (χ1n) is 6.69. The molecule has 1 aliphatic heterocycles. The van der Waals surface area contributed by atoms with Crippen molar-refractivity contribution >= 4 is 23.2 Å². The van der Waals surface area contributed by atoms with Gasteiger partial charge in [0, 0.05) is 24.3 Å². The second-order valence-electron chi connectivity index (χ2n) is 4.86. The minimum Gasteiger partial charge on any atom is -0.260 e. The van der Waals surface area contributed by atoms with Gasteiger partial charge in [-0.1, -0.05) is 24.3 Å². The minimum absolute atomic E-state index is 0.00816. The van der Waals surface area contributed by atoms with Crippen LogP contribution in [0.2, 0.25) is 0 Å². The van der Waals surface area contributed by atoms with Crippen LogP contribution in [0.25, 0.3) is 5.57 Å². The van der Waals surface area contributed by atoms with Gasteiger partial charge in [0.25, 0.3) is 5.69 Å². The van der Waals surface area contributed by atoms with Gasteiger partial charge in [0.2, 0.25) is 0 Å². The lowest BCUT2D eigenvalue weighted by atomic mass is 9.96. The van der Waals surface area contributed by atoms with Gasteiger partial charge in [0.15, 0.2) is 0 Å². The Morgan fingerprint density at radius 3 is 2.64 bits per heavy atom. The van der Waals surface area contributed by atoms with E-state index >= 15 is 0 Å². The van der Waals surface area contributed by atoms with Crippen molar-refractivity contribution in [2.24, 2.45) is 4.99 Å². The first-order valence-corrected chi connectivity index (χ1v) is 6.69. The van der Waals surface area contributed by atoms with Crippen molar-refractivity contribution in [2.75, 3.05) is 0 Å². The quantitative estimate of drug-likeness (QED) is 0.486. The molecule has 2 aromatic rings. The summed E-state index contributed by atoms with van der Waals surface area (Å²) in [5.41, 5.74) is 3.10. The van der Waals surface area contributed by atoms with Gasteiger partial charge in [-0.3, -0.25) is 15.1 Å². The monoisotopic (exact) mass is 289 g/mol. The molecule has 0 radical (unpaired) electrons. The van der Waals surface area contributed by atoms with Gasteiger partial charge >= 0.3 is 0 Å². The molecule has 0 saturated heterocycles. The fourth-order valence-corrected chi connectivity index (χ4v) is 2.40. The molecular formula is C17H11N3O2. The van der Waals surface area contributed by atoms with Crippen LogP contribution in [0.1, 0.15) is 17.0 Å². The first kappa shape index (κ1) is 13.7. The number of nitrogens with zero attached hydrogens (tertiary/aromatic N) is 3. The lowest BCUT2D eigenvalue weighted by Gasteiger charge is -2.05. The summed E-state index contributed by atoms with van der Waals surface area (Å²) in [4.78, 5) is 14.5. The maximum Gasteiger partial charge on any atom is 0.269 e. The normalized spacial score (nSPS) is 16.1. The van der Waals surface area contributed by atoms with Crippen LogP contribution in [0, 0.1) is 21.4 Å². The second-order valence-corrected chi connectivity index (χ2v) is 4.86. The highest BCUT2D eigenvalue weighted by atomic mass is 16.6. The largest absolute Gasteiger partial charge is 0.269 e. The number of benzene rings is 2. The third-order valence-corrected chi connectivity index (χ3v) is 3.53. The summed E-state index contributed by atoms with van der Waals surface area (Å²) in [6, 6.07) is 15.9. The molecule has 22 heavy (non-hydrogen) atoms. The van der Waals surface area contributed by atoms with Gasteiger partial charge in [0.05, 0.1) is 22.3 Å². The van der Waals surface area contributed by atoms with Crippen molar-refractivity contribution in [2.45, 2.75) is 5.92 Å². The third kappa shape index (κ3) is 2.50. The number of nitriles is 1. The molecule has 1 unspecified atom stereocenters. The van der Waals surface area contributed by atoms with Gasteiger partial charge in [-0.25, -0.2) is 0 Å². The molecule has 1 aliphatic rings.